The molecule has 3 aliphatic carbocycles. The Kier molecular flexibility index (Phi) is 7.05. The van der Waals surface area contributed by atoms with Crippen molar-refractivity contribution in [2.24, 2.45) is 5.73 Å². The van der Waals surface area contributed by atoms with E-state index in [1.807, 2.05) is 19.2 Å². The second-order valence-electron chi connectivity index (χ2n) is 8.72. The lowest BCUT2D eigenvalue weighted by atomic mass is 9.56. The molecule has 0 aliphatic heterocycles. The lowest BCUT2D eigenvalue weighted by molar-refractivity contribution is -0.0955. The Morgan fingerprint density at radius 2 is 1.93 bits per heavy atom. The molecule has 4 rings (SSSR count). The summed E-state index contributed by atoms with van der Waals surface area (Å²) in [6.45, 7) is 0.426. The summed E-state index contributed by atoms with van der Waals surface area (Å²) in [5.74, 6) is -1.24. The fraction of sp³-hybridized carbons (Fsp3) is 0.619. The molecular weight excluding hydrogens is 383 g/mol. The third kappa shape index (κ3) is 4.96. The molecule has 1 aromatic rings. The van der Waals surface area contributed by atoms with Crippen molar-refractivity contribution >= 4 is 19.0 Å². The number of benzene rings is 1. The molecule has 1 atom stereocenters. The van der Waals surface area contributed by atoms with Gasteiger partial charge in [-0.05, 0) is 74.5 Å². The fourth-order valence-electron chi connectivity index (χ4n) is 4.97. The van der Waals surface area contributed by atoms with Crippen LogP contribution < -0.4 is 16.4 Å². The molecule has 7 N–H and O–H groups in total. The maximum atomic E-state index is 12.8. The maximum absolute atomic E-state index is 12.8. The van der Waals surface area contributed by atoms with Crippen LogP contribution in [0.2, 0.25) is 0 Å². The number of guanidine groups is 1. The van der Waals surface area contributed by atoms with Gasteiger partial charge in [0.25, 0.3) is 5.91 Å². The van der Waals surface area contributed by atoms with Crippen LogP contribution in [0.1, 0.15) is 67.3 Å². The molecule has 1 aromatic carbocycles. The van der Waals surface area contributed by atoms with E-state index in [4.69, 9.17) is 15.9 Å². The SMILES string of the molecule is COC12CCC(c3cccc(C(=O)N[C@@H](CCCNC(=N)N)B(O)O)c3)(CC1)CC2. The molecular formula is C21H33BN4O4. The zero-order chi connectivity index (χ0) is 21.8. The second kappa shape index (κ2) is 9.37. The maximum Gasteiger partial charge on any atom is 0.475 e. The Balaban J connectivity index is 1.65. The third-order valence-electron chi connectivity index (χ3n) is 7.03. The summed E-state index contributed by atoms with van der Waals surface area (Å²) < 4.78 is 5.79. The first-order valence-electron chi connectivity index (χ1n) is 10.7. The standard InChI is InChI=1S/C21H33BN4O4/c1-30-21-10-7-20(8-11-21,9-12-21)16-5-2-4-15(14-16)18(27)26-17(22(28)29)6-3-13-25-19(23)24/h2,4-5,14,17,28-29H,3,6-13H2,1H3,(H,26,27)(H4,23,24,25)/t17-,20?,21?/m0/s1. The van der Waals surface area contributed by atoms with Crippen LogP contribution in [0.15, 0.2) is 24.3 Å². The van der Waals surface area contributed by atoms with Crippen LogP contribution in [0.5, 0.6) is 0 Å². The first kappa shape index (κ1) is 22.6. The zero-order valence-electron chi connectivity index (χ0n) is 17.6. The monoisotopic (exact) mass is 416 g/mol. The topological polar surface area (TPSA) is 141 Å². The van der Waals surface area contributed by atoms with Crippen LogP contribution in [-0.4, -0.2) is 54.2 Å². The molecule has 0 unspecified atom stereocenters. The van der Waals surface area contributed by atoms with Crippen LogP contribution >= 0.6 is 0 Å². The number of carbonyl (C=O) groups is 1. The summed E-state index contributed by atoms with van der Waals surface area (Å²) >= 11 is 0. The highest BCUT2D eigenvalue weighted by atomic mass is 16.5. The Morgan fingerprint density at radius 1 is 1.27 bits per heavy atom. The molecule has 3 saturated carbocycles. The Hall–Kier alpha value is -2.10. The Morgan fingerprint density at radius 3 is 2.50 bits per heavy atom. The predicted molar refractivity (Wildman–Crippen MR) is 116 cm³/mol. The van der Waals surface area contributed by atoms with Crippen molar-refractivity contribution in [3.05, 3.63) is 35.4 Å². The number of nitrogens with one attached hydrogen (secondary N) is 3. The minimum atomic E-state index is -1.66. The van der Waals surface area contributed by atoms with Gasteiger partial charge in [0.2, 0.25) is 0 Å². The van der Waals surface area contributed by atoms with E-state index in [9.17, 15) is 14.8 Å². The van der Waals surface area contributed by atoms with Gasteiger partial charge in [-0.3, -0.25) is 10.2 Å². The van der Waals surface area contributed by atoms with E-state index in [0.29, 0.717) is 24.9 Å². The summed E-state index contributed by atoms with van der Waals surface area (Å²) in [7, 11) is 0.151. The number of nitrogens with two attached hydrogens (primary N) is 1. The normalized spacial score (nSPS) is 26.1. The van der Waals surface area contributed by atoms with Crippen molar-refractivity contribution in [3.8, 4) is 0 Å². The summed E-state index contributed by atoms with van der Waals surface area (Å²) in [6.07, 6.45) is 7.22. The highest BCUT2D eigenvalue weighted by Gasteiger charge is 2.49. The summed E-state index contributed by atoms with van der Waals surface area (Å²) in [6, 6.07) is 7.73. The number of methoxy groups -OCH3 is 1. The van der Waals surface area contributed by atoms with Gasteiger partial charge >= 0.3 is 7.12 Å². The fourth-order valence-corrected chi connectivity index (χ4v) is 4.97. The molecule has 0 aromatic heterocycles. The van der Waals surface area contributed by atoms with Crippen LogP contribution in [0.4, 0.5) is 0 Å². The highest BCUT2D eigenvalue weighted by Crippen LogP contribution is 2.54. The lowest BCUT2D eigenvalue weighted by Crippen LogP contribution is -2.49. The van der Waals surface area contributed by atoms with Gasteiger partial charge in [0.1, 0.15) is 0 Å². The van der Waals surface area contributed by atoms with E-state index < -0.39 is 13.1 Å². The number of fused-ring (bicyclic) bond motifs is 3. The van der Waals surface area contributed by atoms with E-state index in [2.05, 4.69) is 16.7 Å². The molecule has 3 aliphatic rings. The largest absolute Gasteiger partial charge is 0.475 e. The minimum Gasteiger partial charge on any atom is -0.426 e. The smallest absolute Gasteiger partial charge is 0.426 e. The van der Waals surface area contributed by atoms with Crippen molar-refractivity contribution in [1.29, 1.82) is 5.41 Å². The van der Waals surface area contributed by atoms with Crippen molar-refractivity contribution in [3.63, 3.8) is 0 Å². The number of ether oxygens (including phenoxy) is 1. The molecule has 2 bridgehead atoms. The zero-order valence-corrected chi connectivity index (χ0v) is 17.6. The Labute approximate surface area is 178 Å². The van der Waals surface area contributed by atoms with Gasteiger partial charge in [-0.2, -0.15) is 0 Å². The third-order valence-corrected chi connectivity index (χ3v) is 7.03. The van der Waals surface area contributed by atoms with Gasteiger partial charge in [0.15, 0.2) is 5.96 Å². The van der Waals surface area contributed by atoms with Gasteiger partial charge in [-0.1, -0.05) is 12.1 Å². The molecule has 0 radical (unpaired) electrons. The van der Waals surface area contributed by atoms with Gasteiger partial charge in [0, 0.05) is 19.2 Å². The quantitative estimate of drug-likeness (QED) is 0.154. The molecule has 9 heteroatoms. The van der Waals surface area contributed by atoms with Crippen molar-refractivity contribution < 1.29 is 19.6 Å². The van der Waals surface area contributed by atoms with Crippen LogP contribution in [0.3, 0.4) is 0 Å². The molecule has 30 heavy (non-hydrogen) atoms. The second-order valence-corrected chi connectivity index (χ2v) is 8.72. The van der Waals surface area contributed by atoms with Crippen LogP contribution in [0.25, 0.3) is 0 Å². The number of carbonyl (C=O) groups excluding carboxylic acids is 1. The van der Waals surface area contributed by atoms with Gasteiger partial charge in [-0.25, -0.2) is 0 Å². The average Bonchev–Trinajstić information content (AvgIpc) is 2.76. The first-order chi connectivity index (χ1) is 14.3. The molecule has 8 nitrogen and oxygen atoms in total. The average molecular weight is 416 g/mol. The highest BCUT2D eigenvalue weighted by molar-refractivity contribution is 6.43. The molecule has 3 fully saturated rings. The summed E-state index contributed by atoms with van der Waals surface area (Å²) in [4.78, 5) is 12.8. The predicted octanol–water partition coefficient (Wildman–Crippen LogP) is 1.05. The summed E-state index contributed by atoms with van der Waals surface area (Å²) in [5, 5.41) is 31.8. The van der Waals surface area contributed by atoms with Gasteiger partial charge in [-0.15, -0.1) is 0 Å². The number of rotatable bonds is 9. The lowest BCUT2D eigenvalue weighted by Gasteiger charge is -2.53. The van der Waals surface area contributed by atoms with Gasteiger partial charge < -0.3 is 31.2 Å². The van der Waals surface area contributed by atoms with Crippen molar-refractivity contribution in [2.75, 3.05) is 13.7 Å². The van der Waals surface area contributed by atoms with Gasteiger partial charge in [0.05, 0.1) is 11.5 Å². The molecule has 164 valence electrons. The van der Waals surface area contributed by atoms with Crippen molar-refractivity contribution in [1.82, 2.24) is 10.6 Å². The Bertz CT molecular complexity index is 749. The van der Waals surface area contributed by atoms with E-state index in [-0.39, 0.29) is 22.9 Å². The molecule has 1 amide bonds. The number of amides is 1. The number of hydrogen-bond donors (Lipinski definition) is 6. The summed E-state index contributed by atoms with van der Waals surface area (Å²) in [5.41, 5.74) is 7.10. The van der Waals surface area contributed by atoms with E-state index in [0.717, 1.165) is 38.5 Å². The van der Waals surface area contributed by atoms with E-state index in [1.165, 1.54) is 5.56 Å². The number of hydrogen-bond acceptors (Lipinski definition) is 5. The van der Waals surface area contributed by atoms with Crippen LogP contribution in [0, 0.1) is 5.41 Å². The van der Waals surface area contributed by atoms with E-state index in [1.54, 1.807) is 6.07 Å². The molecule has 0 spiro atoms. The molecule has 0 heterocycles. The van der Waals surface area contributed by atoms with Crippen molar-refractivity contribution in [2.45, 2.75) is 68.3 Å². The minimum absolute atomic E-state index is 0.0401. The van der Waals surface area contributed by atoms with Crippen LogP contribution in [-0.2, 0) is 10.2 Å². The molecule has 0 saturated heterocycles. The van der Waals surface area contributed by atoms with E-state index >= 15 is 0 Å². The first-order valence-corrected chi connectivity index (χ1v) is 10.7.